The molecule has 0 radical (unpaired) electrons. The molecule has 0 unspecified atom stereocenters. The first-order valence-corrected chi connectivity index (χ1v) is 11.9. The van der Waals surface area contributed by atoms with Crippen LogP contribution in [0.3, 0.4) is 0 Å². The molecule has 7 nitrogen and oxygen atoms in total. The number of nitrogens with zero attached hydrogens (tertiary/aromatic N) is 3. The highest BCUT2D eigenvalue weighted by molar-refractivity contribution is 7.21. The van der Waals surface area contributed by atoms with Gasteiger partial charge in [0.25, 0.3) is 5.56 Å². The Morgan fingerprint density at radius 2 is 1.84 bits per heavy atom. The fourth-order valence-corrected chi connectivity index (χ4v) is 5.07. The van der Waals surface area contributed by atoms with Crippen molar-refractivity contribution in [2.45, 2.75) is 39.3 Å². The van der Waals surface area contributed by atoms with Gasteiger partial charge >= 0.3 is 0 Å². The smallest absolute Gasteiger partial charge is 0.259 e. The third kappa shape index (κ3) is 5.82. The van der Waals surface area contributed by atoms with E-state index in [2.05, 4.69) is 20.1 Å². The van der Waals surface area contributed by atoms with Crippen molar-refractivity contribution >= 4 is 27.5 Å². The number of fused-ring (bicyclic) bond motifs is 1. The van der Waals surface area contributed by atoms with Crippen molar-refractivity contribution in [3.8, 4) is 10.4 Å². The van der Waals surface area contributed by atoms with Gasteiger partial charge in [-0.2, -0.15) is 0 Å². The Kier molecular flexibility index (Phi) is 6.74. The number of carbonyl (C=O) groups is 1. The summed E-state index contributed by atoms with van der Waals surface area (Å²) in [6.07, 6.45) is 0.979. The first-order chi connectivity index (χ1) is 15.3. The highest BCUT2D eigenvalue weighted by atomic mass is 32.1. The van der Waals surface area contributed by atoms with Crippen LogP contribution in [-0.4, -0.2) is 63.9 Å². The molecule has 1 aliphatic rings. The number of nitrogens with one attached hydrogen (secondary N) is 2. The first-order valence-electron chi connectivity index (χ1n) is 11.1. The van der Waals surface area contributed by atoms with E-state index in [1.54, 1.807) is 11.3 Å². The molecule has 2 N–H and O–H groups in total. The summed E-state index contributed by atoms with van der Waals surface area (Å²) >= 11 is 1.55. The van der Waals surface area contributed by atoms with Crippen molar-refractivity contribution in [1.82, 2.24) is 25.1 Å². The first kappa shape index (κ1) is 22.6. The molecular weight excluding hydrogens is 422 g/mol. The highest BCUT2D eigenvalue weighted by Crippen LogP contribution is 2.30. The lowest BCUT2D eigenvalue weighted by atomic mass is 10.1. The van der Waals surface area contributed by atoms with Gasteiger partial charge in [-0.15, -0.1) is 11.3 Å². The fourth-order valence-electron chi connectivity index (χ4n) is 4.01. The van der Waals surface area contributed by atoms with Crippen molar-refractivity contribution in [3.63, 3.8) is 0 Å². The number of benzene rings is 1. The molecule has 3 heterocycles. The molecule has 1 aromatic carbocycles. The van der Waals surface area contributed by atoms with Crippen LogP contribution in [0.2, 0.25) is 0 Å². The average Bonchev–Trinajstić information content (AvgIpc) is 3.04. The molecule has 0 bridgehead atoms. The molecule has 0 spiro atoms. The number of carbonyl (C=O) groups excluding carboxylic acids is 1. The minimum absolute atomic E-state index is 0.0642. The van der Waals surface area contributed by atoms with Crippen LogP contribution in [-0.2, 0) is 11.3 Å². The van der Waals surface area contributed by atoms with Crippen molar-refractivity contribution in [2.24, 2.45) is 0 Å². The number of hydrogen-bond donors (Lipinski definition) is 2. The lowest BCUT2D eigenvalue weighted by Crippen LogP contribution is -2.46. The molecule has 0 saturated carbocycles. The van der Waals surface area contributed by atoms with Gasteiger partial charge < -0.3 is 10.3 Å². The molecule has 170 valence electrons. The second-order valence-corrected chi connectivity index (χ2v) is 10.4. The zero-order valence-electron chi connectivity index (χ0n) is 19.0. The summed E-state index contributed by atoms with van der Waals surface area (Å²) in [4.78, 5) is 39.0. The monoisotopic (exact) mass is 453 g/mol. The van der Waals surface area contributed by atoms with E-state index in [0.717, 1.165) is 47.9 Å². The predicted molar refractivity (Wildman–Crippen MR) is 130 cm³/mol. The zero-order chi connectivity index (χ0) is 22.7. The van der Waals surface area contributed by atoms with E-state index >= 15 is 0 Å². The number of hydrogen-bond acceptors (Lipinski definition) is 6. The topological polar surface area (TPSA) is 81.3 Å². The van der Waals surface area contributed by atoms with E-state index in [1.165, 1.54) is 0 Å². The van der Waals surface area contributed by atoms with Gasteiger partial charge in [0.15, 0.2) is 0 Å². The number of rotatable bonds is 5. The number of aromatic nitrogens is 2. The summed E-state index contributed by atoms with van der Waals surface area (Å²) < 4.78 is 0. The molecule has 8 heteroatoms. The van der Waals surface area contributed by atoms with Gasteiger partial charge in [0, 0.05) is 23.5 Å². The molecule has 32 heavy (non-hydrogen) atoms. The lowest BCUT2D eigenvalue weighted by Gasteiger charge is -2.25. The molecule has 1 amide bonds. The van der Waals surface area contributed by atoms with E-state index in [9.17, 15) is 9.59 Å². The van der Waals surface area contributed by atoms with Crippen LogP contribution < -0.4 is 10.9 Å². The van der Waals surface area contributed by atoms with Crippen LogP contribution in [0.25, 0.3) is 20.7 Å². The number of thiophene rings is 1. The SMILES string of the molecule is CC(C)(C)NC(=O)CN1CCCN(Cc2nc3sc(-c4ccccc4)cc3c(=O)[nH]2)CC1. The lowest BCUT2D eigenvalue weighted by molar-refractivity contribution is -0.123. The molecule has 3 aromatic rings. The van der Waals surface area contributed by atoms with Crippen LogP contribution in [0.15, 0.2) is 41.2 Å². The molecular formula is C24H31N5O2S. The number of amides is 1. The predicted octanol–water partition coefficient (Wildman–Crippen LogP) is 3.07. The normalized spacial score (nSPS) is 16.2. The van der Waals surface area contributed by atoms with Crippen molar-refractivity contribution < 1.29 is 4.79 Å². The van der Waals surface area contributed by atoms with Crippen LogP contribution in [0.4, 0.5) is 0 Å². The molecule has 4 rings (SSSR count). The van der Waals surface area contributed by atoms with Crippen LogP contribution >= 0.6 is 11.3 Å². The maximum atomic E-state index is 12.7. The van der Waals surface area contributed by atoms with Crippen molar-refractivity contribution in [2.75, 3.05) is 32.7 Å². The maximum Gasteiger partial charge on any atom is 0.259 e. The third-order valence-corrected chi connectivity index (χ3v) is 6.52. The van der Waals surface area contributed by atoms with E-state index in [1.807, 2.05) is 57.2 Å². The minimum Gasteiger partial charge on any atom is -0.350 e. The second kappa shape index (κ2) is 9.52. The molecule has 0 atom stereocenters. The fraction of sp³-hybridized carbons (Fsp3) is 0.458. The zero-order valence-corrected chi connectivity index (χ0v) is 19.8. The third-order valence-electron chi connectivity index (χ3n) is 5.45. The standard InChI is InChI=1S/C24H31N5O2S/c1-24(2,3)27-21(30)16-29-11-7-10-28(12-13-29)15-20-25-22(31)18-14-19(32-23(18)26-20)17-8-5-4-6-9-17/h4-6,8-9,14H,7,10-13,15-16H2,1-3H3,(H,27,30)(H,25,26,31). The van der Waals surface area contributed by atoms with Gasteiger partial charge in [-0.1, -0.05) is 30.3 Å². The van der Waals surface area contributed by atoms with Gasteiger partial charge in [0.1, 0.15) is 10.7 Å². The average molecular weight is 454 g/mol. The summed E-state index contributed by atoms with van der Waals surface area (Å²) in [7, 11) is 0. The summed E-state index contributed by atoms with van der Waals surface area (Å²) in [5.41, 5.74) is 0.797. The van der Waals surface area contributed by atoms with Gasteiger partial charge in [-0.3, -0.25) is 19.4 Å². The van der Waals surface area contributed by atoms with Gasteiger partial charge in [-0.05, 0) is 51.9 Å². The summed E-state index contributed by atoms with van der Waals surface area (Å²) in [5.74, 6) is 0.761. The molecule has 1 fully saturated rings. The van der Waals surface area contributed by atoms with E-state index in [0.29, 0.717) is 24.3 Å². The molecule has 2 aromatic heterocycles. The quantitative estimate of drug-likeness (QED) is 0.621. The van der Waals surface area contributed by atoms with Gasteiger partial charge in [0.2, 0.25) is 5.91 Å². The summed E-state index contributed by atoms with van der Waals surface area (Å²) in [6, 6.07) is 12.0. The molecule has 0 aliphatic carbocycles. The Morgan fingerprint density at radius 3 is 2.59 bits per heavy atom. The van der Waals surface area contributed by atoms with E-state index in [-0.39, 0.29) is 17.0 Å². The highest BCUT2D eigenvalue weighted by Gasteiger charge is 2.20. The van der Waals surface area contributed by atoms with Crippen LogP contribution in [0, 0.1) is 0 Å². The van der Waals surface area contributed by atoms with Crippen LogP contribution in [0.5, 0.6) is 0 Å². The Hall–Kier alpha value is -2.55. The van der Waals surface area contributed by atoms with E-state index < -0.39 is 0 Å². The summed E-state index contributed by atoms with van der Waals surface area (Å²) in [5, 5.41) is 3.68. The van der Waals surface area contributed by atoms with E-state index in [4.69, 9.17) is 4.98 Å². The Labute approximate surface area is 192 Å². The number of H-pyrrole nitrogens is 1. The number of aromatic amines is 1. The molecule has 1 aliphatic heterocycles. The molecule has 1 saturated heterocycles. The minimum atomic E-state index is -0.215. The Morgan fingerprint density at radius 1 is 1.12 bits per heavy atom. The summed E-state index contributed by atoms with van der Waals surface area (Å²) in [6.45, 7) is 10.5. The van der Waals surface area contributed by atoms with Gasteiger partial charge in [0.05, 0.1) is 18.5 Å². The Balaban J connectivity index is 1.41. The maximum absolute atomic E-state index is 12.7. The van der Waals surface area contributed by atoms with Crippen molar-refractivity contribution in [3.05, 3.63) is 52.6 Å². The second-order valence-electron chi connectivity index (χ2n) is 9.41. The largest absolute Gasteiger partial charge is 0.350 e. The van der Waals surface area contributed by atoms with Crippen LogP contribution in [0.1, 0.15) is 33.0 Å². The van der Waals surface area contributed by atoms with Gasteiger partial charge in [-0.25, -0.2) is 4.98 Å². The van der Waals surface area contributed by atoms with Crippen molar-refractivity contribution in [1.29, 1.82) is 0 Å². The Bertz CT molecular complexity index is 1130.